The minimum atomic E-state index is -0.456. The molecule has 0 bridgehead atoms. The smallest absolute Gasteiger partial charge is 0.355 e. The van der Waals surface area contributed by atoms with Gasteiger partial charge in [0.25, 0.3) is 0 Å². The van der Waals surface area contributed by atoms with Crippen molar-refractivity contribution in [3.8, 4) is 16.9 Å². The van der Waals surface area contributed by atoms with E-state index < -0.39 is 11.8 Å². The first-order chi connectivity index (χ1) is 16.9. The van der Waals surface area contributed by atoms with E-state index >= 15 is 0 Å². The number of benzene rings is 2. The van der Waals surface area contributed by atoms with Gasteiger partial charge in [0.1, 0.15) is 11.4 Å². The van der Waals surface area contributed by atoms with Crippen molar-refractivity contribution in [2.75, 3.05) is 25.1 Å². The predicted molar refractivity (Wildman–Crippen MR) is 140 cm³/mol. The third kappa shape index (κ3) is 5.76. The van der Waals surface area contributed by atoms with Crippen molar-refractivity contribution in [1.29, 1.82) is 0 Å². The van der Waals surface area contributed by atoms with E-state index in [2.05, 4.69) is 24.5 Å². The van der Waals surface area contributed by atoms with Crippen molar-refractivity contribution in [3.63, 3.8) is 0 Å². The summed E-state index contributed by atoms with van der Waals surface area (Å²) in [5, 5.41) is 4.45. The van der Waals surface area contributed by atoms with Gasteiger partial charge in [-0.15, -0.1) is 0 Å². The maximum Gasteiger partial charge on any atom is 0.355 e. The molecule has 1 aromatic heterocycles. The molecule has 35 heavy (non-hydrogen) atoms. The van der Waals surface area contributed by atoms with Gasteiger partial charge in [0, 0.05) is 41.7 Å². The number of ether oxygens (including phenoxy) is 2. The third-order valence-electron chi connectivity index (χ3n) is 6.10. The van der Waals surface area contributed by atoms with E-state index in [1.807, 2.05) is 47.9 Å². The minimum absolute atomic E-state index is 0.0430. The summed E-state index contributed by atoms with van der Waals surface area (Å²) in [5.41, 5.74) is 4.56. The molecule has 2 aromatic carbocycles. The third-order valence-corrected chi connectivity index (χ3v) is 6.10. The average Bonchev–Trinajstić information content (AvgIpc) is 3.60. The molecular weight excluding hydrogens is 443 g/mol. The Morgan fingerprint density at radius 3 is 2.49 bits per heavy atom. The SMILES string of the molecule is C=C(F)CC(=C)Cn1c(C(=O)OCC)c(-c2ccc(OCC)cc2)c2cc(NCC3CC3)ccc21. The molecule has 1 fully saturated rings. The Labute approximate surface area is 206 Å². The highest BCUT2D eigenvalue weighted by atomic mass is 19.1. The number of anilines is 1. The second-order valence-electron chi connectivity index (χ2n) is 8.99. The zero-order valence-electron chi connectivity index (χ0n) is 20.5. The Morgan fingerprint density at radius 2 is 1.86 bits per heavy atom. The van der Waals surface area contributed by atoms with E-state index in [4.69, 9.17) is 9.47 Å². The van der Waals surface area contributed by atoms with Gasteiger partial charge >= 0.3 is 5.97 Å². The molecule has 1 aliphatic carbocycles. The minimum Gasteiger partial charge on any atom is -0.494 e. The number of rotatable bonds is 12. The molecule has 1 N–H and O–H groups in total. The number of carbonyl (C=O) groups is 1. The molecule has 1 saturated carbocycles. The summed E-state index contributed by atoms with van der Waals surface area (Å²) in [5.74, 6) is 0.613. The molecule has 0 aliphatic heterocycles. The molecule has 184 valence electrons. The van der Waals surface area contributed by atoms with Crippen LogP contribution in [0, 0.1) is 5.92 Å². The number of nitrogens with zero attached hydrogens (tertiary/aromatic N) is 1. The van der Waals surface area contributed by atoms with Crippen LogP contribution in [0.5, 0.6) is 5.75 Å². The topological polar surface area (TPSA) is 52.5 Å². The second kappa shape index (κ2) is 10.8. The van der Waals surface area contributed by atoms with Gasteiger partial charge in [-0.05, 0) is 68.5 Å². The van der Waals surface area contributed by atoms with Gasteiger partial charge in [-0.25, -0.2) is 9.18 Å². The number of hydrogen-bond donors (Lipinski definition) is 1. The van der Waals surface area contributed by atoms with Crippen LogP contribution in [0.15, 0.2) is 67.0 Å². The maximum atomic E-state index is 13.6. The molecule has 0 atom stereocenters. The first-order valence-corrected chi connectivity index (χ1v) is 12.2. The van der Waals surface area contributed by atoms with Gasteiger partial charge in [-0.2, -0.15) is 0 Å². The van der Waals surface area contributed by atoms with Crippen LogP contribution in [0.3, 0.4) is 0 Å². The number of hydrogen-bond acceptors (Lipinski definition) is 4. The van der Waals surface area contributed by atoms with Gasteiger partial charge < -0.3 is 19.4 Å². The number of carbonyl (C=O) groups excluding carboxylic acids is 1. The van der Waals surface area contributed by atoms with Crippen LogP contribution in [0.2, 0.25) is 0 Å². The van der Waals surface area contributed by atoms with Crippen molar-refractivity contribution < 1.29 is 18.7 Å². The van der Waals surface area contributed by atoms with Crippen LogP contribution < -0.4 is 10.1 Å². The maximum absolute atomic E-state index is 13.6. The number of halogens is 1. The number of aromatic nitrogens is 1. The fourth-order valence-electron chi connectivity index (χ4n) is 4.35. The van der Waals surface area contributed by atoms with E-state index in [-0.39, 0.29) is 19.6 Å². The van der Waals surface area contributed by atoms with Gasteiger partial charge in [0.05, 0.1) is 19.0 Å². The lowest BCUT2D eigenvalue weighted by atomic mass is 10.0. The largest absolute Gasteiger partial charge is 0.494 e. The molecule has 4 rings (SSSR count). The van der Waals surface area contributed by atoms with E-state index in [0.717, 1.165) is 45.9 Å². The Bertz CT molecular complexity index is 1240. The van der Waals surface area contributed by atoms with Crippen LogP contribution in [0.4, 0.5) is 10.1 Å². The lowest BCUT2D eigenvalue weighted by molar-refractivity contribution is 0.0516. The van der Waals surface area contributed by atoms with Crippen molar-refractivity contribution in [1.82, 2.24) is 4.57 Å². The zero-order valence-corrected chi connectivity index (χ0v) is 20.5. The van der Waals surface area contributed by atoms with E-state index in [1.165, 1.54) is 12.8 Å². The molecule has 0 unspecified atom stereocenters. The fourth-order valence-corrected chi connectivity index (χ4v) is 4.35. The molecule has 0 saturated heterocycles. The predicted octanol–water partition coefficient (Wildman–Crippen LogP) is 7.14. The highest BCUT2D eigenvalue weighted by Gasteiger charge is 2.26. The monoisotopic (exact) mass is 476 g/mol. The van der Waals surface area contributed by atoms with Crippen LogP contribution in [0.25, 0.3) is 22.0 Å². The first kappa shape index (κ1) is 24.6. The number of nitrogens with one attached hydrogen (secondary N) is 1. The fraction of sp³-hybridized carbons (Fsp3) is 0.345. The Hall–Kier alpha value is -3.54. The molecule has 3 aromatic rings. The normalized spacial score (nSPS) is 13.0. The average molecular weight is 477 g/mol. The summed E-state index contributed by atoms with van der Waals surface area (Å²) in [6.45, 7) is 13.2. The lowest BCUT2D eigenvalue weighted by Crippen LogP contribution is -2.14. The molecule has 1 heterocycles. The number of esters is 1. The standard InChI is InChI=1S/C29H33FN2O3/c1-5-34-24-12-9-22(10-13-24)27-25-16-23(31-17-21-7-8-21)11-14-26(25)32(18-19(3)15-20(4)30)28(27)29(33)35-6-2/h9-14,16,21,31H,3-8,15,17-18H2,1-2H3. The van der Waals surface area contributed by atoms with Crippen molar-refractivity contribution in [2.24, 2.45) is 5.92 Å². The van der Waals surface area contributed by atoms with Crippen LogP contribution in [-0.2, 0) is 11.3 Å². The summed E-state index contributed by atoms with van der Waals surface area (Å²) in [6, 6.07) is 13.8. The van der Waals surface area contributed by atoms with E-state index in [1.54, 1.807) is 6.92 Å². The van der Waals surface area contributed by atoms with E-state index in [9.17, 15) is 9.18 Å². The molecule has 6 heteroatoms. The van der Waals surface area contributed by atoms with Crippen LogP contribution in [0.1, 0.15) is 43.6 Å². The van der Waals surface area contributed by atoms with Gasteiger partial charge in [0.2, 0.25) is 0 Å². The summed E-state index contributed by atoms with van der Waals surface area (Å²) >= 11 is 0. The first-order valence-electron chi connectivity index (χ1n) is 12.2. The lowest BCUT2D eigenvalue weighted by Gasteiger charge is -2.13. The van der Waals surface area contributed by atoms with Gasteiger partial charge in [-0.1, -0.05) is 30.9 Å². The molecule has 0 spiro atoms. The highest BCUT2D eigenvalue weighted by molar-refractivity contribution is 6.09. The molecule has 0 amide bonds. The highest BCUT2D eigenvalue weighted by Crippen LogP contribution is 2.39. The van der Waals surface area contributed by atoms with Crippen molar-refractivity contribution in [3.05, 3.63) is 72.7 Å². The summed E-state index contributed by atoms with van der Waals surface area (Å²) in [4.78, 5) is 13.3. The van der Waals surface area contributed by atoms with Gasteiger partial charge in [-0.3, -0.25) is 0 Å². The molecule has 1 aliphatic rings. The number of allylic oxidation sites excluding steroid dienone is 2. The van der Waals surface area contributed by atoms with Crippen LogP contribution in [-0.4, -0.2) is 30.3 Å². The van der Waals surface area contributed by atoms with Crippen molar-refractivity contribution in [2.45, 2.75) is 39.7 Å². The molecule has 0 radical (unpaired) electrons. The molecular formula is C29H33FN2O3. The molecule has 5 nitrogen and oxygen atoms in total. The second-order valence-corrected chi connectivity index (χ2v) is 8.99. The van der Waals surface area contributed by atoms with E-state index in [0.29, 0.717) is 17.9 Å². The van der Waals surface area contributed by atoms with Gasteiger partial charge in [0.15, 0.2) is 0 Å². The van der Waals surface area contributed by atoms with Crippen molar-refractivity contribution >= 4 is 22.6 Å². The Morgan fingerprint density at radius 1 is 1.11 bits per heavy atom. The zero-order chi connectivity index (χ0) is 24.9. The summed E-state index contributed by atoms with van der Waals surface area (Å²) < 4.78 is 26.5. The summed E-state index contributed by atoms with van der Waals surface area (Å²) in [6.07, 6.45) is 2.57. The Kier molecular flexibility index (Phi) is 7.59. The number of fused-ring (bicyclic) bond motifs is 1. The summed E-state index contributed by atoms with van der Waals surface area (Å²) in [7, 11) is 0. The Balaban J connectivity index is 1.88. The quantitative estimate of drug-likeness (QED) is 0.223. The van der Waals surface area contributed by atoms with Crippen LogP contribution >= 0.6 is 0 Å².